The van der Waals surface area contributed by atoms with Crippen molar-refractivity contribution >= 4 is 34.9 Å². The molecule has 0 atom stereocenters. The molecule has 0 aliphatic rings. The minimum absolute atomic E-state index is 0.899. The van der Waals surface area contributed by atoms with Crippen molar-refractivity contribution in [3.05, 3.63) is 24.1 Å². The van der Waals surface area contributed by atoms with Crippen LogP contribution in [0.4, 0.5) is 0 Å². The Kier molecular flexibility index (Phi) is 1.72. The molecule has 70 valence electrons. The van der Waals surface area contributed by atoms with Gasteiger partial charge in [-0.1, -0.05) is 11.3 Å². The molecule has 3 rings (SSSR count). The van der Waals surface area contributed by atoms with Gasteiger partial charge in [0.25, 0.3) is 0 Å². The van der Waals surface area contributed by atoms with Gasteiger partial charge in [0.15, 0.2) is 4.96 Å². The van der Waals surface area contributed by atoms with Crippen molar-refractivity contribution in [1.82, 2.24) is 9.15 Å². The maximum atomic E-state index is 5.18. The standard InChI is InChI=1S/C9H7N2OPS/c1-12-6-2-3-7-8(4-6)14-9-10-13-5-11(7)9/h2-5H,1H3. The van der Waals surface area contributed by atoms with Gasteiger partial charge in [-0.3, -0.25) is 4.40 Å². The number of hydrogen-bond acceptors (Lipinski definition) is 3. The maximum Gasteiger partial charge on any atom is 0.199 e. The molecule has 2 heterocycles. The van der Waals surface area contributed by atoms with Crippen LogP contribution >= 0.6 is 19.7 Å². The Labute approximate surface area is 86.1 Å². The Morgan fingerprint density at radius 2 is 2.43 bits per heavy atom. The molecule has 0 saturated heterocycles. The van der Waals surface area contributed by atoms with Crippen LogP contribution in [0.5, 0.6) is 5.75 Å². The van der Waals surface area contributed by atoms with E-state index >= 15 is 0 Å². The first-order valence-electron chi connectivity index (χ1n) is 4.15. The molecule has 0 unspecified atom stereocenters. The number of fused-ring (bicyclic) bond motifs is 3. The average molecular weight is 222 g/mol. The summed E-state index contributed by atoms with van der Waals surface area (Å²) in [6.07, 6.45) is 0. The van der Waals surface area contributed by atoms with Crippen LogP contribution in [0.15, 0.2) is 24.1 Å². The van der Waals surface area contributed by atoms with Crippen LogP contribution in [-0.4, -0.2) is 16.3 Å². The molecule has 3 nitrogen and oxygen atoms in total. The first kappa shape index (κ1) is 8.21. The highest BCUT2D eigenvalue weighted by Crippen LogP contribution is 2.30. The number of benzene rings is 1. The maximum absolute atomic E-state index is 5.18. The number of ether oxygens (including phenoxy) is 1. The van der Waals surface area contributed by atoms with Gasteiger partial charge in [-0.25, -0.2) is 0 Å². The second-order valence-electron chi connectivity index (χ2n) is 2.92. The molecule has 0 bridgehead atoms. The van der Waals surface area contributed by atoms with Crippen LogP contribution in [0.1, 0.15) is 0 Å². The summed E-state index contributed by atoms with van der Waals surface area (Å²) < 4.78 is 12.9. The van der Waals surface area contributed by atoms with E-state index in [0.717, 1.165) is 19.1 Å². The van der Waals surface area contributed by atoms with E-state index in [1.54, 1.807) is 18.4 Å². The Balaban J connectivity index is 2.43. The highest BCUT2D eigenvalue weighted by molar-refractivity contribution is 7.28. The smallest absolute Gasteiger partial charge is 0.199 e. The molecule has 0 saturated carbocycles. The Morgan fingerprint density at radius 1 is 1.50 bits per heavy atom. The summed E-state index contributed by atoms with van der Waals surface area (Å²) in [4.78, 5) is 1.06. The molecule has 0 N–H and O–H groups in total. The largest absolute Gasteiger partial charge is 0.497 e. The van der Waals surface area contributed by atoms with Crippen LogP contribution in [0.25, 0.3) is 15.2 Å². The van der Waals surface area contributed by atoms with E-state index in [4.69, 9.17) is 4.74 Å². The van der Waals surface area contributed by atoms with Crippen molar-refractivity contribution in [3.8, 4) is 5.75 Å². The third-order valence-electron chi connectivity index (χ3n) is 2.14. The SMILES string of the molecule is COc1ccc2c(c1)sc1npcn12. The summed E-state index contributed by atoms with van der Waals surface area (Å²) >= 11 is 1.69. The quantitative estimate of drug-likeness (QED) is 0.632. The second kappa shape index (κ2) is 2.94. The number of methoxy groups -OCH3 is 1. The van der Waals surface area contributed by atoms with Gasteiger partial charge in [0.1, 0.15) is 5.75 Å². The molecule has 2 aromatic heterocycles. The van der Waals surface area contributed by atoms with Crippen molar-refractivity contribution in [3.63, 3.8) is 0 Å². The molecule has 0 aliphatic heterocycles. The topological polar surface area (TPSA) is 26.5 Å². The van der Waals surface area contributed by atoms with Gasteiger partial charge >= 0.3 is 0 Å². The zero-order valence-corrected chi connectivity index (χ0v) is 9.18. The number of hydrogen-bond donors (Lipinski definition) is 0. The van der Waals surface area contributed by atoms with Gasteiger partial charge in [0.2, 0.25) is 0 Å². The molecule has 1 aromatic carbocycles. The minimum Gasteiger partial charge on any atom is -0.497 e. The fraction of sp³-hybridized carbons (Fsp3) is 0.111. The zero-order valence-electron chi connectivity index (χ0n) is 7.47. The highest BCUT2D eigenvalue weighted by Gasteiger charge is 2.05. The van der Waals surface area contributed by atoms with Gasteiger partial charge in [0, 0.05) is 0 Å². The normalized spacial score (nSPS) is 11.8. The van der Waals surface area contributed by atoms with Crippen LogP contribution in [0, 0.1) is 0 Å². The van der Waals surface area contributed by atoms with Crippen molar-refractivity contribution in [2.24, 2.45) is 0 Å². The second-order valence-corrected chi connectivity index (χ2v) is 4.59. The molecule has 0 radical (unpaired) electrons. The monoisotopic (exact) mass is 222 g/mol. The lowest BCUT2D eigenvalue weighted by Gasteiger charge is -1.97. The molecular formula is C9H7N2OPS. The van der Waals surface area contributed by atoms with Crippen molar-refractivity contribution in [2.75, 3.05) is 7.11 Å². The van der Waals surface area contributed by atoms with Crippen molar-refractivity contribution in [2.45, 2.75) is 0 Å². The number of thiazole rings is 1. The number of nitrogens with zero attached hydrogens (tertiary/aromatic N) is 2. The highest BCUT2D eigenvalue weighted by atomic mass is 32.1. The lowest BCUT2D eigenvalue weighted by atomic mass is 10.3. The molecule has 0 amide bonds. The van der Waals surface area contributed by atoms with Crippen LogP contribution in [0.3, 0.4) is 0 Å². The van der Waals surface area contributed by atoms with Gasteiger partial charge in [-0.2, -0.15) is 4.75 Å². The van der Waals surface area contributed by atoms with E-state index in [1.165, 1.54) is 10.2 Å². The Bertz CT molecular complexity index is 601. The fourth-order valence-electron chi connectivity index (χ4n) is 1.46. The van der Waals surface area contributed by atoms with E-state index in [9.17, 15) is 0 Å². The minimum atomic E-state index is 0.899. The van der Waals surface area contributed by atoms with Gasteiger partial charge in [-0.15, -0.1) is 0 Å². The van der Waals surface area contributed by atoms with Gasteiger partial charge in [-0.05, 0) is 18.2 Å². The molecule has 14 heavy (non-hydrogen) atoms. The lowest BCUT2D eigenvalue weighted by Crippen LogP contribution is -1.81. The Hall–Kier alpha value is -1.12. The van der Waals surface area contributed by atoms with E-state index in [2.05, 4.69) is 21.1 Å². The molecular weight excluding hydrogens is 215 g/mol. The van der Waals surface area contributed by atoms with Crippen molar-refractivity contribution in [1.29, 1.82) is 0 Å². The molecule has 0 aliphatic carbocycles. The first-order valence-corrected chi connectivity index (χ1v) is 5.88. The van der Waals surface area contributed by atoms with Crippen LogP contribution < -0.4 is 4.74 Å². The van der Waals surface area contributed by atoms with Crippen molar-refractivity contribution < 1.29 is 4.74 Å². The van der Waals surface area contributed by atoms with E-state index in [0.29, 0.717) is 0 Å². The van der Waals surface area contributed by atoms with Gasteiger partial charge < -0.3 is 4.74 Å². The molecule has 3 aromatic rings. The summed E-state index contributed by atoms with van der Waals surface area (Å²) in [7, 11) is 2.71. The molecule has 5 heteroatoms. The fourth-order valence-corrected chi connectivity index (χ4v) is 3.32. The molecule has 0 fully saturated rings. The lowest BCUT2D eigenvalue weighted by molar-refractivity contribution is 0.415. The first-order chi connectivity index (χ1) is 6.88. The van der Waals surface area contributed by atoms with Gasteiger partial charge in [0.05, 0.1) is 31.6 Å². The third kappa shape index (κ3) is 1.04. The molecule has 0 spiro atoms. The predicted octanol–water partition coefficient (Wildman–Crippen LogP) is 3.14. The number of rotatable bonds is 1. The van der Waals surface area contributed by atoms with E-state index in [-0.39, 0.29) is 0 Å². The predicted molar refractivity (Wildman–Crippen MR) is 59.6 cm³/mol. The average Bonchev–Trinajstić information content (AvgIpc) is 2.75. The summed E-state index contributed by atoms with van der Waals surface area (Å²) in [6, 6.07) is 6.10. The summed E-state index contributed by atoms with van der Waals surface area (Å²) in [5.74, 6) is 2.97. The van der Waals surface area contributed by atoms with Crippen LogP contribution in [-0.2, 0) is 0 Å². The van der Waals surface area contributed by atoms with Crippen LogP contribution in [0.2, 0.25) is 0 Å². The van der Waals surface area contributed by atoms with E-state index in [1.807, 2.05) is 12.1 Å². The van der Waals surface area contributed by atoms with E-state index < -0.39 is 0 Å². The number of aromatic nitrogens is 2. The third-order valence-corrected chi connectivity index (χ3v) is 3.94. The zero-order chi connectivity index (χ0) is 9.54. The summed E-state index contributed by atoms with van der Waals surface area (Å²) in [5, 5.41) is 0. The Morgan fingerprint density at radius 3 is 3.29 bits per heavy atom. The summed E-state index contributed by atoms with van der Waals surface area (Å²) in [5.41, 5.74) is 1.21. The summed E-state index contributed by atoms with van der Waals surface area (Å²) in [6.45, 7) is 0.